The van der Waals surface area contributed by atoms with Crippen LogP contribution in [0.1, 0.15) is 38.4 Å². The largest absolute Gasteiger partial charge is 0.378 e. The molecule has 1 aromatic rings. The SMILES string of the molecule is CNC(C)(C)c1nc(CC2CCCO2)no1. The lowest BCUT2D eigenvalue weighted by atomic mass is 10.1. The Labute approximate surface area is 95.6 Å². The molecule has 1 aliphatic heterocycles. The number of ether oxygens (including phenoxy) is 1. The third-order valence-corrected chi connectivity index (χ3v) is 3.06. The molecule has 1 aliphatic rings. The van der Waals surface area contributed by atoms with Gasteiger partial charge in [-0.25, -0.2) is 0 Å². The summed E-state index contributed by atoms with van der Waals surface area (Å²) >= 11 is 0. The highest BCUT2D eigenvalue weighted by Crippen LogP contribution is 2.19. The summed E-state index contributed by atoms with van der Waals surface area (Å²) in [6, 6.07) is 0. The van der Waals surface area contributed by atoms with E-state index in [1.54, 1.807) is 0 Å². The van der Waals surface area contributed by atoms with Crippen molar-refractivity contribution < 1.29 is 9.26 Å². The molecule has 0 amide bonds. The Morgan fingerprint density at radius 2 is 2.31 bits per heavy atom. The van der Waals surface area contributed by atoms with E-state index in [1.165, 1.54) is 0 Å². The van der Waals surface area contributed by atoms with Crippen LogP contribution >= 0.6 is 0 Å². The molecule has 1 fully saturated rings. The van der Waals surface area contributed by atoms with Crippen molar-refractivity contribution in [2.45, 2.75) is 44.8 Å². The molecule has 1 unspecified atom stereocenters. The van der Waals surface area contributed by atoms with Gasteiger partial charge in [-0.05, 0) is 33.7 Å². The molecule has 1 atom stereocenters. The Bertz CT molecular complexity index is 343. The molecule has 0 aromatic carbocycles. The smallest absolute Gasteiger partial charge is 0.246 e. The summed E-state index contributed by atoms with van der Waals surface area (Å²) < 4.78 is 10.8. The lowest BCUT2D eigenvalue weighted by Crippen LogP contribution is -2.33. The van der Waals surface area contributed by atoms with Gasteiger partial charge in [0.05, 0.1) is 11.6 Å². The second-order valence-electron chi connectivity index (χ2n) is 4.73. The van der Waals surface area contributed by atoms with Crippen LogP contribution in [0.5, 0.6) is 0 Å². The standard InChI is InChI=1S/C11H19N3O2/c1-11(2,12-3)10-13-9(14-16-10)7-8-5-4-6-15-8/h8,12H,4-7H2,1-3H3. The summed E-state index contributed by atoms with van der Waals surface area (Å²) in [5, 5.41) is 7.12. The minimum absolute atomic E-state index is 0.267. The van der Waals surface area contributed by atoms with E-state index < -0.39 is 0 Å². The van der Waals surface area contributed by atoms with Gasteiger partial charge in [0.1, 0.15) is 0 Å². The van der Waals surface area contributed by atoms with Crippen molar-refractivity contribution in [3.8, 4) is 0 Å². The van der Waals surface area contributed by atoms with E-state index >= 15 is 0 Å². The van der Waals surface area contributed by atoms with Gasteiger partial charge in [-0.1, -0.05) is 5.16 Å². The highest BCUT2D eigenvalue weighted by molar-refractivity contribution is 4.99. The molecule has 0 spiro atoms. The van der Waals surface area contributed by atoms with Gasteiger partial charge >= 0.3 is 0 Å². The maximum atomic E-state index is 5.54. The zero-order chi connectivity index (χ0) is 11.6. The number of nitrogens with zero attached hydrogens (tertiary/aromatic N) is 2. The van der Waals surface area contributed by atoms with Crippen molar-refractivity contribution >= 4 is 0 Å². The van der Waals surface area contributed by atoms with Gasteiger partial charge < -0.3 is 14.6 Å². The van der Waals surface area contributed by atoms with Gasteiger partial charge in [-0.15, -0.1) is 0 Å². The van der Waals surface area contributed by atoms with E-state index in [4.69, 9.17) is 9.26 Å². The predicted octanol–water partition coefficient (Wildman–Crippen LogP) is 1.25. The first-order valence-corrected chi connectivity index (χ1v) is 5.75. The van der Waals surface area contributed by atoms with E-state index in [1.807, 2.05) is 20.9 Å². The number of nitrogens with one attached hydrogen (secondary N) is 1. The van der Waals surface area contributed by atoms with Gasteiger partial charge in [0.15, 0.2) is 5.82 Å². The summed E-state index contributed by atoms with van der Waals surface area (Å²) in [5.74, 6) is 1.37. The molecule has 0 saturated carbocycles. The van der Waals surface area contributed by atoms with Crippen LogP contribution in [0, 0.1) is 0 Å². The molecule has 5 heteroatoms. The lowest BCUT2D eigenvalue weighted by Gasteiger charge is -2.17. The quantitative estimate of drug-likeness (QED) is 0.835. The van der Waals surface area contributed by atoms with Crippen molar-refractivity contribution in [1.82, 2.24) is 15.5 Å². The van der Waals surface area contributed by atoms with Crippen LogP contribution in [0.2, 0.25) is 0 Å². The fraction of sp³-hybridized carbons (Fsp3) is 0.818. The average molecular weight is 225 g/mol. The van der Waals surface area contributed by atoms with Crippen LogP contribution in [-0.2, 0) is 16.7 Å². The maximum Gasteiger partial charge on any atom is 0.246 e. The maximum absolute atomic E-state index is 5.54. The zero-order valence-corrected chi connectivity index (χ0v) is 10.1. The van der Waals surface area contributed by atoms with E-state index in [0.29, 0.717) is 5.89 Å². The zero-order valence-electron chi connectivity index (χ0n) is 10.1. The summed E-state index contributed by atoms with van der Waals surface area (Å²) in [4.78, 5) is 4.40. The van der Waals surface area contributed by atoms with Gasteiger partial charge in [-0.3, -0.25) is 0 Å². The van der Waals surface area contributed by atoms with Crippen molar-refractivity contribution in [1.29, 1.82) is 0 Å². The van der Waals surface area contributed by atoms with Crippen molar-refractivity contribution in [2.24, 2.45) is 0 Å². The molecule has 0 radical (unpaired) electrons. The van der Waals surface area contributed by atoms with Crippen LogP contribution < -0.4 is 5.32 Å². The minimum Gasteiger partial charge on any atom is -0.378 e. The van der Waals surface area contributed by atoms with Crippen LogP contribution in [0.3, 0.4) is 0 Å². The fourth-order valence-corrected chi connectivity index (χ4v) is 1.71. The molecule has 1 aromatic heterocycles. The molecule has 1 N–H and O–H groups in total. The second-order valence-corrected chi connectivity index (χ2v) is 4.73. The molecule has 5 nitrogen and oxygen atoms in total. The van der Waals surface area contributed by atoms with Gasteiger partial charge in [0.25, 0.3) is 0 Å². The molecule has 2 rings (SSSR count). The van der Waals surface area contributed by atoms with Gasteiger partial charge in [0.2, 0.25) is 5.89 Å². The molecule has 2 heterocycles. The lowest BCUT2D eigenvalue weighted by molar-refractivity contribution is 0.109. The van der Waals surface area contributed by atoms with Crippen molar-refractivity contribution in [3.05, 3.63) is 11.7 Å². The van der Waals surface area contributed by atoms with Crippen LogP contribution in [0.4, 0.5) is 0 Å². The van der Waals surface area contributed by atoms with Crippen LogP contribution in [0.15, 0.2) is 4.52 Å². The van der Waals surface area contributed by atoms with Crippen molar-refractivity contribution in [3.63, 3.8) is 0 Å². The highest BCUT2D eigenvalue weighted by atomic mass is 16.5. The molecule has 90 valence electrons. The molecule has 16 heavy (non-hydrogen) atoms. The minimum atomic E-state index is -0.276. The van der Waals surface area contributed by atoms with E-state index in [-0.39, 0.29) is 11.6 Å². The van der Waals surface area contributed by atoms with Gasteiger partial charge in [0, 0.05) is 13.0 Å². The van der Waals surface area contributed by atoms with E-state index in [2.05, 4.69) is 15.5 Å². The first-order valence-electron chi connectivity index (χ1n) is 5.75. The van der Waals surface area contributed by atoms with E-state index in [0.717, 1.165) is 31.7 Å². The Kier molecular flexibility index (Phi) is 3.25. The first kappa shape index (κ1) is 11.5. The summed E-state index contributed by atoms with van der Waals surface area (Å²) in [6.45, 7) is 4.88. The predicted molar refractivity (Wildman–Crippen MR) is 59.1 cm³/mol. The molecular formula is C11H19N3O2. The first-order chi connectivity index (χ1) is 7.62. The summed E-state index contributed by atoms with van der Waals surface area (Å²) in [7, 11) is 1.88. The number of aromatic nitrogens is 2. The average Bonchev–Trinajstić information content (AvgIpc) is 2.89. The molecule has 0 aliphatic carbocycles. The molecular weight excluding hydrogens is 206 g/mol. The number of hydrogen-bond donors (Lipinski definition) is 1. The van der Waals surface area contributed by atoms with E-state index in [9.17, 15) is 0 Å². The second kappa shape index (κ2) is 4.51. The normalized spacial score (nSPS) is 21.6. The molecule has 0 bridgehead atoms. The third kappa shape index (κ3) is 2.41. The summed E-state index contributed by atoms with van der Waals surface area (Å²) in [6.07, 6.45) is 3.25. The van der Waals surface area contributed by atoms with Crippen molar-refractivity contribution in [2.75, 3.05) is 13.7 Å². The van der Waals surface area contributed by atoms with Crippen LogP contribution in [-0.4, -0.2) is 29.9 Å². The third-order valence-electron chi connectivity index (χ3n) is 3.06. The Morgan fingerprint density at radius 1 is 1.50 bits per heavy atom. The monoisotopic (exact) mass is 225 g/mol. The Morgan fingerprint density at radius 3 is 2.94 bits per heavy atom. The van der Waals surface area contributed by atoms with Gasteiger partial charge in [-0.2, -0.15) is 4.98 Å². The molecule has 1 saturated heterocycles. The Hall–Kier alpha value is -0.940. The fourth-order valence-electron chi connectivity index (χ4n) is 1.71. The highest BCUT2D eigenvalue weighted by Gasteiger charge is 2.26. The number of hydrogen-bond acceptors (Lipinski definition) is 5. The Balaban J connectivity index is 2.01. The summed E-state index contributed by atoms with van der Waals surface area (Å²) in [5.41, 5.74) is -0.276. The van der Waals surface area contributed by atoms with Crippen LogP contribution in [0.25, 0.3) is 0 Å². The topological polar surface area (TPSA) is 60.2 Å². The number of rotatable bonds is 4.